The number of fused-ring (bicyclic) bond motifs is 1. The highest BCUT2D eigenvalue weighted by atomic mass is 32.2. The highest BCUT2D eigenvalue weighted by Crippen LogP contribution is 2.30. The molecule has 0 unspecified atom stereocenters. The number of aromatic amines is 1. The van der Waals surface area contributed by atoms with Crippen LogP contribution in [0.2, 0.25) is 0 Å². The zero-order chi connectivity index (χ0) is 25.3. The predicted molar refractivity (Wildman–Crippen MR) is 137 cm³/mol. The Balaban J connectivity index is 1.38. The molecule has 0 aliphatic carbocycles. The fraction of sp³-hybridized carbons (Fsp3) is 0.360. The molecule has 0 bridgehead atoms. The minimum Gasteiger partial charge on any atom is -0.474 e. The van der Waals surface area contributed by atoms with Crippen molar-refractivity contribution in [2.75, 3.05) is 17.8 Å². The van der Waals surface area contributed by atoms with Crippen LogP contribution in [0.1, 0.15) is 32.4 Å². The van der Waals surface area contributed by atoms with Gasteiger partial charge in [0, 0.05) is 48.5 Å². The fourth-order valence-corrected chi connectivity index (χ4v) is 5.34. The number of pyridine rings is 1. The van der Waals surface area contributed by atoms with Crippen molar-refractivity contribution in [1.29, 1.82) is 0 Å². The molecule has 4 heterocycles. The lowest BCUT2D eigenvalue weighted by atomic mass is 10.1. The number of benzene rings is 1. The maximum absolute atomic E-state index is 12.6. The number of anilines is 1. The highest BCUT2D eigenvalue weighted by molar-refractivity contribution is 7.92. The number of ether oxygens (including phenoxy) is 1. The van der Waals surface area contributed by atoms with E-state index in [-0.39, 0.29) is 11.0 Å². The van der Waals surface area contributed by atoms with Crippen LogP contribution in [-0.2, 0) is 10.0 Å². The first-order valence-corrected chi connectivity index (χ1v) is 13.4. The second kappa shape index (κ2) is 9.82. The van der Waals surface area contributed by atoms with Crippen LogP contribution in [-0.4, -0.2) is 63.7 Å². The Hall–Kier alpha value is -3.57. The van der Waals surface area contributed by atoms with E-state index in [0.29, 0.717) is 29.1 Å². The van der Waals surface area contributed by atoms with Crippen LogP contribution in [0, 0.1) is 6.92 Å². The molecule has 1 aliphatic heterocycles. The van der Waals surface area contributed by atoms with E-state index in [4.69, 9.17) is 9.72 Å². The van der Waals surface area contributed by atoms with Gasteiger partial charge in [-0.2, -0.15) is 10.1 Å². The van der Waals surface area contributed by atoms with Crippen molar-refractivity contribution in [3.63, 3.8) is 0 Å². The van der Waals surface area contributed by atoms with Gasteiger partial charge in [-0.15, -0.1) is 0 Å². The molecule has 0 saturated carbocycles. The minimum atomic E-state index is -3.73. The van der Waals surface area contributed by atoms with Crippen molar-refractivity contribution in [2.24, 2.45) is 0 Å². The molecule has 1 fully saturated rings. The zero-order valence-electron chi connectivity index (χ0n) is 20.5. The van der Waals surface area contributed by atoms with Crippen LogP contribution >= 0.6 is 0 Å². The zero-order valence-corrected chi connectivity index (χ0v) is 21.3. The third-order valence-electron chi connectivity index (χ3n) is 6.39. The van der Waals surface area contributed by atoms with E-state index in [2.05, 4.69) is 43.6 Å². The predicted octanol–water partition coefficient (Wildman–Crippen LogP) is 3.78. The number of rotatable bonds is 7. The number of aryl methyl sites for hydroxylation is 1. The second-order valence-electron chi connectivity index (χ2n) is 9.22. The van der Waals surface area contributed by atoms with E-state index in [9.17, 15) is 8.42 Å². The summed E-state index contributed by atoms with van der Waals surface area (Å²) in [4.78, 5) is 15.8. The molecule has 3 aromatic heterocycles. The molecule has 36 heavy (non-hydrogen) atoms. The number of sulfonamides is 1. The summed E-state index contributed by atoms with van der Waals surface area (Å²) in [5, 5.41) is 8.10. The average molecular weight is 508 g/mol. The summed E-state index contributed by atoms with van der Waals surface area (Å²) in [6.07, 6.45) is 4.77. The van der Waals surface area contributed by atoms with Crippen molar-refractivity contribution in [3.05, 3.63) is 54.5 Å². The van der Waals surface area contributed by atoms with Gasteiger partial charge in [0.25, 0.3) is 10.0 Å². The fourth-order valence-electron chi connectivity index (χ4n) is 4.32. The topological polar surface area (TPSA) is 126 Å². The normalized spacial score (nSPS) is 15.4. The highest BCUT2D eigenvalue weighted by Gasteiger charge is 2.25. The molecule has 0 spiro atoms. The summed E-state index contributed by atoms with van der Waals surface area (Å²) in [5.41, 5.74) is 2.54. The van der Waals surface area contributed by atoms with Crippen molar-refractivity contribution >= 4 is 26.7 Å². The molecule has 4 aromatic rings. The molecule has 0 atom stereocenters. The van der Waals surface area contributed by atoms with Gasteiger partial charge >= 0.3 is 0 Å². The first kappa shape index (κ1) is 24.1. The number of piperidine rings is 1. The van der Waals surface area contributed by atoms with E-state index < -0.39 is 10.0 Å². The lowest BCUT2D eigenvalue weighted by molar-refractivity contribution is 0.0824. The van der Waals surface area contributed by atoms with Crippen LogP contribution in [0.3, 0.4) is 0 Å². The van der Waals surface area contributed by atoms with Gasteiger partial charge in [-0.3, -0.25) is 14.8 Å². The molecule has 11 heteroatoms. The number of H-pyrrole nitrogens is 1. The quantitative estimate of drug-likeness (QED) is 0.387. The van der Waals surface area contributed by atoms with E-state index >= 15 is 0 Å². The number of nitrogens with one attached hydrogen (secondary N) is 2. The maximum Gasteiger partial charge on any atom is 0.263 e. The van der Waals surface area contributed by atoms with Crippen LogP contribution in [0.25, 0.3) is 22.4 Å². The number of hydrogen-bond acceptors (Lipinski definition) is 8. The Morgan fingerprint density at radius 3 is 2.53 bits per heavy atom. The van der Waals surface area contributed by atoms with Crippen LogP contribution in [0.15, 0.2) is 53.7 Å². The van der Waals surface area contributed by atoms with E-state index in [1.54, 1.807) is 30.3 Å². The lowest BCUT2D eigenvalue weighted by Gasteiger charge is -2.34. The van der Waals surface area contributed by atoms with Gasteiger partial charge < -0.3 is 9.64 Å². The van der Waals surface area contributed by atoms with E-state index in [1.165, 1.54) is 18.5 Å². The summed E-state index contributed by atoms with van der Waals surface area (Å²) in [6, 6.07) is 10.5. The molecule has 1 aliphatic rings. The SMILES string of the molecule is Cc1[nH]nc2nc(-c3ccc(NS(=O)(=O)c4cccnc4)cc3)nc(OC3CCN(C(C)C)CC3)c12. The Labute approximate surface area is 210 Å². The molecular formula is C25H29N7O3S. The summed E-state index contributed by atoms with van der Waals surface area (Å²) in [7, 11) is -3.73. The van der Waals surface area contributed by atoms with Crippen molar-refractivity contribution in [3.8, 4) is 17.3 Å². The maximum atomic E-state index is 12.6. The number of hydrogen-bond donors (Lipinski definition) is 2. The first-order chi connectivity index (χ1) is 17.3. The molecule has 0 amide bonds. The largest absolute Gasteiger partial charge is 0.474 e. The van der Waals surface area contributed by atoms with Crippen LogP contribution in [0.4, 0.5) is 5.69 Å². The molecule has 1 aromatic carbocycles. The average Bonchev–Trinajstić information content (AvgIpc) is 3.26. The molecular weight excluding hydrogens is 478 g/mol. The van der Waals surface area contributed by atoms with Crippen molar-refractivity contribution < 1.29 is 13.2 Å². The van der Waals surface area contributed by atoms with Gasteiger partial charge in [-0.05, 0) is 70.0 Å². The summed E-state index contributed by atoms with van der Waals surface area (Å²) < 4.78 is 34.1. The summed E-state index contributed by atoms with van der Waals surface area (Å²) >= 11 is 0. The molecule has 10 nitrogen and oxygen atoms in total. The molecule has 1 saturated heterocycles. The number of nitrogens with zero attached hydrogens (tertiary/aromatic N) is 5. The first-order valence-electron chi connectivity index (χ1n) is 12.0. The van der Waals surface area contributed by atoms with Crippen molar-refractivity contribution in [2.45, 2.75) is 50.7 Å². The van der Waals surface area contributed by atoms with Crippen LogP contribution < -0.4 is 9.46 Å². The minimum absolute atomic E-state index is 0.0736. The monoisotopic (exact) mass is 507 g/mol. The standard InChI is InChI=1S/C25H29N7O3S/c1-16(2)32-13-10-20(11-14-32)35-25-22-17(3)29-30-24(22)27-23(28-25)18-6-8-19(9-7-18)31-36(33,34)21-5-4-12-26-15-21/h4-9,12,15-16,20,31H,10-11,13-14H2,1-3H3,(H,27,28,29,30). The number of aromatic nitrogens is 5. The summed E-state index contributed by atoms with van der Waals surface area (Å²) in [5.74, 6) is 0.982. The van der Waals surface area contributed by atoms with Crippen molar-refractivity contribution in [1.82, 2.24) is 30.0 Å². The molecule has 188 valence electrons. The molecule has 5 rings (SSSR count). The molecule has 0 radical (unpaired) electrons. The Bertz CT molecular complexity index is 1450. The van der Waals surface area contributed by atoms with E-state index in [1.807, 2.05) is 6.92 Å². The Morgan fingerprint density at radius 1 is 1.11 bits per heavy atom. The third-order valence-corrected chi connectivity index (χ3v) is 7.75. The summed E-state index contributed by atoms with van der Waals surface area (Å²) in [6.45, 7) is 8.33. The van der Waals surface area contributed by atoms with Gasteiger partial charge in [0.15, 0.2) is 11.5 Å². The third kappa shape index (κ3) is 5.02. The van der Waals surface area contributed by atoms with E-state index in [0.717, 1.165) is 42.6 Å². The smallest absolute Gasteiger partial charge is 0.263 e. The van der Waals surface area contributed by atoms with Gasteiger partial charge in [-0.25, -0.2) is 13.4 Å². The lowest BCUT2D eigenvalue weighted by Crippen LogP contribution is -2.41. The van der Waals surface area contributed by atoms with Gasteiger partial charge in [-0.1, -0.05) is 0 Å². The molecule has 2 N–H and O–H groups in total. The van der Waals surface area contributed by atoms with Gasteiger partial charge in [0.2, 0.25) is 5.88 Å². The van der Waals surface area contributed by atoms with Crippen LogP contribution in [0.5, 0.6) is 5.88 Å². The Kier molecular flexibility index (Phi) is 6.59. The number of likely N-dealkylation sites (tertiary alicyclic amines) is 1. The van der Waals surface area contributed by atoms with Gasteiger partial charge in [0.1, 0.15) is 16.4 Å². The second-order valence-corrected chi connectivity index (χ2v) is 10.9. The van der Waals surface area contributed by atoms with Gasteiger partial charge in [0.05, 0.1) is 0 Å². The Morgan fingerprint density at radius 2 is 1.86 bits per heavy atom.